The van der Waals surface area contributed by atoms with E-state index >= 15 is 0 Å². The first-order valence-corrected chi connectivity index (χ1v) is 4.35. The van der Waals surface area contributed by atoms with Gasteiger partial charge in [-0.1, -0.05) is 13.3 Å². The lowest BCUT2D eigenvalue weighted by Crippen LogP contribution is -1.99. The van der Waals surface area contributed by atoms with E-state index in [1.54, 1.807) is 12.9 Å². The smallest absolute Gasteiger partial charge is 0.132 e. The zero-order chi connectivity index (χ0) is 8.81. The van der Waals surface area contributed by atoms with E-state index in [4.69, 9.17) is 9.15 Å². The Morgan fingerprint density at radius 1 is 1.67 bits per heavy atom. The van der Waals surface area contributed by atoms with Gasteiger partial charge in [-0.3, -0.25) is 0 Å². The third kappa shape index (κ3) is 2.38. The van der Waals surface area contributed by atoms with Crippen molar-refractivity contribution >= 4 is 0 Å². The van der Waals surface area contributed by atoms with Crippen molar-refractivity contribution in [3.63, 3.8) is 0 Å². The molecule has 2 nitrogen and oxygen atoms in total. The molecule has 0 amide bonds. The number of furan rings is 1. The standard InChI is InChI=1S/C10H15O2/c1-3-6-9(11-4-2)10-7-5-8-12-10/h4-5,7-9H,3,6H2,1-2H3. The van der Waals surface area contributed by atoms with Crippen LogP contribution >= 0.6 is 0 Å². The zero-order valence-electron chi connectivity index (χ0n) is 7.62. The molecule has 0 aromatic carbocycles. The van der Waals surface area contributed by atoms with E-state index in [-0.39, 0.29) is 6.10 Å². The first kappa shape index (κ1) is 9.33. The summed E-state index contributed by atoms with van der Waals surface area (Å²) >= 11 is 0. The molecule has 1 heterocycles. The van der Waals surface area contributed by atoms with Crippen LogP contribution < -0.4 is 0 Å². The van der Waals surface area contributed by atoms with Crippen LogP contribution in [0.4, 0.5) is 0 Å². The van der Waals surface area contributed by atoms with Crippen LogP contribution in [0.5, 0.6) is 0 Å². The van der Waals surface area contributed by atoms with E-state index in [1.807, 2.05) is 19.1 Å². The first-order valence-electron chi connectivity index (χ1n) is 4.35. The van der Waals surface area contributed by atoms with Crippen molar-refractivity contribution in [3.8, 4) is 0 Å². The molecule has 67 valence electrons. The molecular weight excluding hydrogens is 152 g/mol. The van der Waals surface area contributed by atoms with Crippen molar-refractivity contribution in [2.45, 2.75) is 32.8 Å². The lowest BCUT2D eigenvalue weighted by Gasteiger charge is -2.12. The molecule has 1 aromatic rings. The number of ether oxygens (including phenoxy) is 1. The second-order valence-electron chi connectivity index (χ2n) is 2.66. The number of hydrogen-bond acceptors (Lipinski definition) is 2. The van der Waals surface area contributed by atoms with Crippen LogP contribution in [0.3, 0.4) is 0 Å². The molecule has 1 radical (unpaired) electrons. The molecule has 0 aliphatic rings. The fraction of sp³-hybridized carbons (Fsp3) is 0.500. The Bertz CT molecular complexity index is 186. The molecule has 1 rings (SSSR count). The van der Waals surface area contributed by atoms with Crippen molar-refractivity contribution in [1.29, 1.82) is 0 Å². The summed E-state index contributed by atoms with van der Waals surface area (Å²) in [6, 6.07) is 3.83. The Morgan fingerprint density at radius 2 is 2.50 bits per heavy atom. The number of hydrogen-bond donors (Lipinski definition) is 0. The Morgan fingerprint density at radius 3 is 3.00 bits per heavy atom. The molecule has 0 fully saturated rings. The summed E-state index contributed by atoms with van der Waals surface area (Å²) < 4.78 is 10.7. The van der Waals surface area contributed by atoms with E-state index < -0.39 is 0 Å². The third-order valence-corrected chi connectivity index (χ3v) is 1.71. The molecule has 1 atom stereocenters. The minimum Gasteiger partial charge on any atom is -0.467 e. The zero-order valence-corrected chi connectivity index (χ0v) is 7.62. The Balaban J connectivity index is 2.53. The molecule has 0 aliphatic heterocycles. The van der Waals surface area contributed by atoms with E-state index in [2.05, 4.69) is 6.92 Å². The van der Waals surface area contributed by atoms with Gasteiger partial charge < -0.3 is 9.15 Å². The van der Waals surface area contributed by atoms with Crippen LogP contribution in [0.15, 0.2) is 22.8 Å². The van der Waals surface area contributed by atoms with Gasteiger partial charge in [-0.25, -0.2) is 0 Å². The third-order valence-electron chi connectivity index (χ3n) is 1.71. The Kier molecular flexibility index (Phi) is 3.88. The van der Waals surface area contributed by atoms with E-state index in [1.165, 1.54) is 0 Å². The average molecular weight is 167 g/mol. The van der Waals surface area contributed by atoms with Crippen molar-refractivity contribution in [1.82, 2.24) is 0 Å². The SMILES string of the molecule is C[CH]OC(CCC)c1ccco1. The van der Waals surface area contributed by atoms with Crippen LogP contribution in [-0.4, -0.2) is 0 Å². The predicted molar refractivity (Wildman–Crippen MR) is 47.4 cm³/mol. The highest BCUT2D eigenvalue weighted by Crippen LogP contribution is 2.23. The summed E-state index contributed by atoms with van der Waals surface area (Å²) in [5.41, 5.74) is 0. The van der Waals surface area contributed by atoms with Gasteiger partial charge >= 0.3 is 0 Å². The summed E-state index contributed by atoms with van der Waals surface area (Å²) in [6.45, 7) is 5.73. The van der Waals surface area contributed by atoms with Gasteiger partial charge in [-0.05, 0) is 25.5 Å². The van der Waals surface area contributed by atoms with Gasteiger partial charge in [-0.2, -0.15) is 0 Å². The van der Waals surface area contributed by atoms with Crippen LogP contribution in [0, 0.1) is 6.61 Å². The van der Waals surface area contributed by atoms with Gasteiger partial charge in [0.15, 0.2) is 0 Å². The molecule has 12 heavy (non-hydrogen) atoms. The molecule has 1 aromatic heterocycles. The first-order chi connectivity index (χ1) is 5.88. The summed E-state index contributed by atoms with van der Waals surface area (Å²) in [6.07, 6.45) is 3.86. The van der Waals surface area contributed by atoms with Crippen LogP contribution in [0.1, 0.15) is 38.6 Å². The normalized spacial score (nSPS) is 13.2. The molecule has 0 aliphatic carbocycles. The van der Waals surface area contributed by atoms with E-state index in [0.717, 1.165) is 18.6 Å². The molecular formula is C10H15O2. The Hall–Kier alpha value is -0.760. The summed E-state index contributed by atoms with van der Waals surface area (Å²) in [5.74, 6) is 0.912. The second kappa shape index (κ2) is 4.99. The van der Waals surface area contributed by atoms with Gasteiger partial charge in [-0.15, -0.1) is 0 Å². The topological polar surface area (TPSA) is 22.4 Å². The molecule has 1 unspecified atom stereocenters. The largest absolute Gasteiger partial charge is 0.467 e. The maximum absolute atomic E-state index is 5.41. The van der Waals surface area contributed by atoms with Crippen LogP contribution in [0.2, 0.25) is 0 Å². The summed E-state index contributed by atoms with van der Waals surface area (Å²) in [5, 5.41) is 0. The van der Waals surface area contributed by atoms with Gasteiger partial charge in [0.25, 0.3) is 0 Å². The predicted octanol–water partition coefficient (Wildman–Crippen LogP) is 3.32. The van der Waals surface area contributed by atoms with Gasteiger partial charge in [0.2, 0.25) is 0 Å². The fourth-order valence-electron chi connectivity index (χ4n) is 1.18. The van der Waals surface area contributed by atoms with E-state index in [9.17, 15) is 0 Å². The van der Waals surface area contributed by atoms with Crippen LogP contribution in [-0.2, 0) is 4.74 Å². The monoisotopic (exact) mass is 167 g/mol. The molecule has 0 saturated heterocycles. The van der Waals surface area contributed by atoms with Crippen LogP contribution in [0.25, 0.3) is 0 Å². The van der Waals surface area contributed by atoms with Crippen molar-refractivity contribution in [2.24, 2.45) is 0 Å². The molecule has 0 saturated carbocycles. The number of rotatable bonds is 5. The van der Waals surface area contributed by atoms with Gasteiger partial charge in [0.05, 0.1) is 12.9 Å². The lowest BCUT2D eigenvalue weighted by atomic mass is 10.1. The second-order valence-corrected chi connectivity index (χ2v) is 2.66. The van der Waals surface area contributed by atoms with Crippen molar-refractivity contribution < 1.29 is 9.15 Å². The highest BCUT2D eigenvalue weighted by molar-refractivity contribution is 5.02. The highest BCUT2D eigenvalue weighted by atomic mass is 16.5. The van der Waals surface area contributed by atoms with Crippen molar-refractivity contribution in [2.75, 3.05) is 0 Å². The average Bonchev–Trinajstić information content (AvgIpc) is 2.56. The quantitative estimate of drug-likeness (QED) is 0.671. The van der Waals surface area contributed by atoms with Gasteiger partial charge in [0, 0.05) is 0 Å². The summed E-state index contributed by atoms with van der Waals surface area (Å²) in [7, 11) is 0. The Labute approximate surface area is 73.5 Å². The minimum atomic E-state index is 0.0926. The molecule has 2 heteroatoms. The van der Waals surface area contributed by atoms with Crippen molar-refractivity contribution in [3.05, 3.63) is 30.8 Å². The molecule has 0 bridgehead atoms. The fourth-order valence-corrected chi connectivity index (χ4v) is 1.18. The minimum absolute atomic E-state index is 0.0926. The highest BCUT2D eigenvalue weighted by Gasteiger charge is 2.12. The maximum atomic E-state index is 5.41. The molecule has 0 N–H and O–H groups in total. The maximum Gasteiger partial charge on any atom is 0.132 e. The molecule has 0 spiro atoms. The van der Waals surface area contributed by atoms with E-state index in [0.29, 0.717) is 0 Å². The lowest BCUT2D eigenvalue weighted by molar-refractivity contribution is 0.0819. The summed E-state index contributed by atoms with van der Waals surface area (Å²) in [4.78, 5) is 0. The van der Waals surface area contributed by atoms with Gasteiger partial charge in [0.1, 0.15) is 11.9 Å².